The number of fused-ring (bicyclic) bond motifs is 1. The summed E-state index contributed by atoms with van der Waals surface area (Å²) in [5.74, 6) is 1.11. The highest BCUT2D eigenvalue weighted by atomic mass is 32.1. The number of hydrogen-bond donors (Lipinski definition) is 1. The molecular weight excluding hydrogens is 288 g/mol. The number of anilines is 1. The zero-order valence-electron chi connectivity index (χ0n) is 12.0. The number of nitrogens with zero attached hydrogens (tertiary/aromatic N) is 1. The van der Waals surface area contributed by atoms with Gasteiger partial charge in [-0.25, -0.2) is 0 Å². The molecule has 1 amide bonds. The molecule has 6 heteroatoms. The second-order valence-electron chi connectivity index (χ2n) is 4.77. The standard InChI is InChI=1S/C15H16N2O3S/c1-17-14(9-4-5-21-8-9)16-11-7-13(20-3)12(19-2)6-10(11)15(17)18/h4-8,14,16H,1-3H3. The van der Waals surface area contributed by atoms with Crippen molar-refractivity contribution in [2.75, 3.05) is 26.6 Å². The summed E-state index contributed by atoms with van der Waals surface area (Å²) in [5.41, 5.74) is 2.41. The van der Waals surface area contributed by atoms with Crippen LogP contribution in [0.5, 0.6) is 11.5 Å². The van der Waals surface area contributed by atoms with Crippen molar-refractivity contribution in [2.45, 2.75) is 6.17 Å². The molecule has 0 bridgehead atoms. The van der Waals surface area contributed by atoms with E-state index in [0.29, 0.717) is 17.1 Å². The van der Waals surface area contributed by atoms with Crippen LogP contribution in [0.1, 0.15) is 22.1 Å². The molecule has 2 heterocycles. The molecule has 0 fully saturated rings. The van der Waals surface area contributed by atoms with Crippen LogP contribution in [0.4, 0.5) is 5.69 Å². The van der Waals surface area contributed by atoms with Crippen LogP contribution >= 0.6 is 11.3 Å². The van der Waals surface area contributed by atoms with Gasteiger partial charge in [0.05, 0.1) is 25.5 Å². The van der Waals surface area contributed by atoms with Crippen molar-refractivity contribution in [3.63, 3.8) is 0 Å². The highest BCUT2D eigenvalue weighted by Crippen LogP contribution is 2.39. The number of benzene rings is 1. The van der Waals surface area contributed by atoms with Crippen LogP contribution in [0.15, 0.2) is 29.0 Å². The lowest BCUT2D eigenvalue weighted by atomic mass is 10.0. The molecule has 0 saturated heterocycles. The Morgan fingerprint density at radius 3 is 2.57 bits per heavy atom. The summed E-state index contributed by atoms with van der Waals surface area (Å²) in [6, 6.07) is 5.53. The first kappa shape index (κ1) is 13.8. The fourth-order valence-corrected chi connectivity index (χ4v) is 3.14. The van der Waals surface area contributed by atoms with E-state index in [1.807, 2.05) is 16.8 Å². The van der Waals surface area contributed by atoms with E-state index in [9.17, 15) is 4.79 Å². The Morgan fingerprint density at radius 2 is 1.95 bits per heavy atom. The molecule has 5 nitrogen and oxygen atoms in total. The molecule has 110 valence electrons. The number of hydrogen-bond acceptors (Lipinski definition) is 5. The van der Waals surface area contributed by atoms with E-state index >= 15 is 0 Å². The van der Waals surface area contributed by atoms with Crippen molar-refractivity contribution in [3.8, 4) is 11.5 Å². The van der Waals surface area contributed by atoms with E-state index in [4.69, 9.17) is 9.47 Å². The lowest BCUT2D eigenvalue weighted by molar-refractivity contribution is 0.0735. The molecule has 1 unspecified atom stereocenters. The van der Waals surface area contributed by atoms with Crippen LogP contribution in [0.2, 0.25) is 0 Å². The summed E-state index contributed by atoms with van der Waals surface area (Å²) < 4.78 is 10.6. The molecule has 0 radical (unpaired) electrons. The monoisotopic (exact) mass is 304 g/mol. The van der Waals surface area contributed by atoms with Gasteiger partial charge in [0, 0.05) is 18.7 Å². The minimum absolute atomic E-state index is 0.0408. The SMILES string of the molecule is COc1cc2c(cc1OC)C(=O)N(C)C(c1ccsc1)N2. The molecule has 1 atom stereocenters. The van der Waals surface area contributed by atoms with Gasteiger partial charge in [-0.05, 0) is 22.9 Å². The number of thiophene rings is 1. The average Bonchev–Trinajstić information content (AvgIpc) is 3.03. The Hall–Kier alpha value is -2.21. The molecule has 0 saturated carbocycles. The largest absolute Gasteiger partial charge is 0.493 e. The van der Waals surface area contributed by atoms with Crippen LogP contribution < -0.4 is 14.8 Å². The zero-order valence-corrected chi connectivity index (χ0v) is 12.9. The third-order valence-electron chi connectivity index (χ3n) is 3.61. The van der Waals surface area contributed by atoms with Crippen molar-refractivity contribution in [2.24, 2.45) is 0 Å². The van der Waals surface area contributed by atoms with E-state index < -0.39 is 0 Å². The third-order valence-corrected chi connectivity index (χ3v) is 4.31. The number of rotatable bonds is 3. The number of carbonyl (C=O) groups is 1. The predicted molar refractivity (Wildman–Crippen MR) is 82.3 cm³/mol. The van der Waals surface area contributed by atoms with E-state index in [0.717, 1.165) is 11.3 Å². The number of carbonyl (C=O) groups excluding carboxylic acids is 1. The highest BCUT2D eigenvalue weighted by Gasteiger charge is 2.31. The first-order valence-electron chi connectivity index (χ1n) is 6.47. The molecule has 0 spiro atoms. The molecule has 1 aromatic carbocycles. The highest BCUT2D eigenvalue weighted by molar-refractivity contribution is 7.08. The quantitative estimate of drug-likeness (QED) is 0.947. The Labute approximate surface area is 127 Å². The van der Waals surface area contributed by atoms with Crippen molar-refractivity contribution >= 4 is 22.9 Å². The van der Waals surface area contributed by atoms with Crippen LogP contribution in [-0.4, -0.2) is 32.1 Å². The van der Waals surface area contributed by atoms with Gasteiger partial charge in [0.2, 0.25) is 0 Å². The maximum absolute atomic E-state index is 12.6. The maximum Gasteiger partial charge on any atom is 0.257 e. The van der Waals surface area contributed by atoms with Gasteiger partial charge in [-0.1, -0.05) is 0 Å². The summed E-state index contributed by atoms with van der Waals surface area (Å²) in [4.78, 5) is 14.3. The number of amides is 1. The summed E-state index contributed by atoms with van der Waals surface area (Å²) in [6.07, 6.45) is -0.172. The van der Waals surface area contributed by atoms with Gasteiger partial charge in [0.1, 0.15) is 6.17 Å². The van der Waals surface area contributed by atoms with Gasteiger partial charge in [0.25, 0.3) is 5.91 Å². The first-order valence-corrected chi connectivity index (χ1v) is 7.41. The summed E-state index contributed by atoms with van der Waals surface area (Å²) in [6.45, 7) is 0. The van der Waals surface area contributed by atoms with Gasteiger partial charge in [-0.3, -0.25) is 4.79 Å². The molecule has 21 heavy (non-hydrogen) atoms. The van der Waals surface area contributed by atoms with Crippen molar-refractivity contribution in [1.82, 2.24) is 4.90 Å². The van der Waals surface area contributed by atoms with E-state index in [1.54, 1.807) is 49.6 Å². The van der Waals surface area contributed by atoms with Gasteiger partial charge in [-0.15, -0.1) is 0 Å². The van der Waals surface area contributed by atoms with Crippen LogP contribution in [0.25, 0.3) is 0 Å². The Balaban J connectivity index is 2.07. The number of methoxy groups -OCH3 is 2. The van der Waals surface area contributed by atoms with Gasteiger partial charge in [-0.2, -0.15) is 11.3 Å². The van der Waals surface area contributed by atoms with Crippen molar-refractivity contribution in [3.05, 3.63) is 40.1 Å². The molecule has 3 rings (SSSR count). The lowest BCUT2D eigenvalue weighted by Gasteiger charge is -2.35. The zero-order chi connectivity index (χ0) is 15.0. The fourth-order valence-electron chi connectivity index (χ4n) is 2.46. The number of nitrogens with one attached hydrogen (secondary N) is 1. The van der Waals surface area contributed by atoms with E-state index in [1.165, 1.54) is 0 Å². The molecular formula is C15H16N2O3S. The van der Waals surface area contributed by atoms with Gasteiger partial charge >= 0.3 is 0 Å². The second-order valence-corrected chi connectivity index (χ2v) is 5.55. The molecule has 1 aliphatic heterocycles. The fraction of sp³-hybridized carbons (Fsp3) is 0.267. The maximum atomic E-state index is 12.6. The molecule has 1 aromatic heterocycles. The van der Waals surface area contributed by atoms with Crippen molar-refractivity contribution in [1.29, 1.82) is 0 Å². The second kappa shape index (κ2) is 5.29. The first-order chi connectivity index (χ1) is 10.2. The van der Waals surface area contributed by atoms with Crippen LogP contribution in [0.3, 0.4) is 0 Å². The van der Waals surface area contributed by atoms with Crippen molar-refractivity contribution < 1.29 is 14.3 Å². The van der Waals surface area contributed by atoms with E-state index in [-0.39, 0.29) is 12.1 Å². The predicted octanol–water partition coefficient (Wildman–Crippen LogP) is 2.96. The smallest absolute Gasteiger partial charge is 0.257 e. The third kappa shape index (κ3) is 2.21. The summed E-state index contributed by atoms with van der Waals surface area (Å²) in [5, 5.41) is 7.42. The lowest BCUT2D eigenvalue weighted by Crippen LogP contribution is -2.40. The minimum atomic E-state index is -0.172. The van der Waals surface area contributed by atoms with E-state index in [2.05, 4.69) is 5.32 Å². The molecule has 1 N–H and O–H groups in total. The Kier molecular flexibility index (Phi) is 3.47. The van der Waals surface area contributed by atoms with Crippen LogP contribution in [-0.2, 0) is 0 Å². The topological polar surface area (TPSA) is 50.8 Å². The average molecular weight is 304 g/mol. The molecule has 1 aliphatic rings. The normalized spacial score (nSPS) is 17.2. The summed E-state index contributed by atoms with van der Waals surface area (Å²) in [7, 11) is 4.93. The Bertz CT molecular complexity index is 670. The molecule has 0 aliphatic carbocycles. The summed E-state index contributed by atoms with van der Waals surface area (Å²) >= 11 is 1.61. The van der Waals surface area contributed by atoms with Gasteiger partial charge < -0.3 is 19.7 Å². The minimum Gasteiger partial charge on any atom is -0.493 e. The van der Waals surface area contributed by atoms with Crippen LogP contribution in [0, 0.1) is 0 Å². The van der Waals surface area contributed by atoms with Gasteiger partial charge in [0.15, 0.2) is 11.5 Å². The molecule has 2 aromatic rings. The number of ether oxygens (including phenoxy) is 2. The Morgan fingerprint density at radius 1 is 1.24 bits per heavy atom.